The quantitative estimate of drug-likeness (QED) is 0.891. The lowest BCUT2D eigenvalue weighted by atomic mass is 10.0. The Kier molecular flexibility index (Phi) is 4.91. The lowest BCUT2D eigenvalue weighted by Gasteiger charge is -2.16. The Morgan fingerprint density at radius 2 is 1.75 bits per heavy atom. The minimum atomic E-state index is -0.825. The van der Waals surface area contributed by atoms with Gasteiger partial charge in [-0.3, -0.25) is 0 Å². The van der Waals surface area contributed by atoms with Gasteiger partial charge in [0.05, 0.1) is 19.2 Å². The van der Waals surface area contributed by atoms with Gasteiger partial charge in [0.25, 0.3) is 0 Å². The third-order valence-corrected chi connectivity index (χ3v) is 3.78. The summed E-state index contributed by atoms with van der Waals surface area (Å²) in [5.74, 6) is 1.15. The molecular formula is C15H14BrClO3. The Bertz CT molecular complexity index is 616. The van der Waals surface area contributed by atoms with E-state index in [9.17, 15) is 5.11 Å². The van der Waals surface area contributed by atoms with E-state index in [1.165, 1.54) is 7.11 Å². The van der Waals surface area contributed by atoms with E-state index in [4.69, 9.17) is 21.1 Å². The van der Waals surface area contributed by atoms with Crippen LogP contribution in [-0.4, -0.2) is 19.3 Å². The Morgan fingerprint density at radius 3 is 2.40 bits per heavy atom. The second kappa shape index (κ2) is 6.48. The highest BCUT2D eigenvalue weighted by molar-refractivity contribution is 9.10. The first-order valence-corrected chi connectivity index (χ1v) is 7.09. The molecule has 0 fully saturated rings. The van der Waals surface area contributed by atoms with E-state index in [-0.39, 0.29) is 0 Å². The molecule has 0 radical (unpaired) electrons. The van der Waals surface area contributed by atoms with E-state index in [1.807, 2.05) is 12.1 Å². The molecule has 0 aliphatic rings. The third-order valence-electron chi connectivity index (χ3n) is 2.98. The second-order valence-electron chi connectivity index (χ2n) is 4.18. The molecule has 2 aromatic carbocycles. The summed E-state index contributed by atoms with van der Waals surface area (Å²) in [4.78, 5) is 0. The number of methoxy groups -OCH3 is 2. The molecule has 106 valence electrons. The fraction of sp³-hybridized carbons (Fsp3) is 0.200. The van der Waals surface area contributed by atoms with Gasteiger partial charge in [0, 0.05) is 10.0 Å². The molecule has 2 rings (SSSR count). The number of benzene rings is 2. The molecule has 1 unspecified atom stereocenters. The molecule has 0 aliphatic heterocycles. The molecule has 0 saturated heterocycles. The lowest BCUT2D eigenvalue weighted by molar-refractivity contribution is 0.214. The van der Waals surface area contributed by atoms with Crippen molar-refractivity contribution in [2.45, 2.75) is 6.10 Å². The SMILES string of the molecule is COc1cc(C(O)c2cc(Br)ccc2OC)ccc1Cl. The van der Waals surface area contributed by atoms with Gasteiger partial charge in [0.1, 0.15) is 17.6 Å². The molecule has 0 aliphatic carbocycles. The summed E-state index contributed by atoms with van der Waals surface area (Å²) in [6.07, 6.45) is -0.825. The predicted molar refractivity (Wildman–Crippen MR) is 82.8 cm³/mol. The van der Waals surface area contributed by atoms with Crippen molar-refractivity contribution in [3.63, 3.8) is 0 Å². The molecular weight excluding hydrogens is 344 g/mol. The largest absolute Gasteiger partial charge is 0.496 e. The Labute approximate surface area is 131 Å². The molecule has 2 aromatic rings. The van der Waals surface area contributed by atoms with Crippen LogP contribution in [0.15, 0.2) is 40.9 Å². The van der Waals surface area contributed by atoms with Crippen LogP contribution in [0, 0.1) is 0 Å². The normalized spacial score (nSPS) is 12.1. The average Bonchev–Trinajstić information content (AvgIpc) is 2.47. The highest BCUT2D eigenvalue weighted by Crippen LogP contribution is 2.35. The van der Waals surface area contributed by atoms with Gasteiger partial charge in [-0.2, -0.15) is 0 Å². The Hall–Kier alpha value is -1.23. The zero-order chi connectivity index (χ0) is 14.7. The number of rotatable bonds is 4. The van der Waals surface area contributed by atoms with E-state index >= 15 is 0 Å². The van der Waals surface area contributed by atoms with Crippen LogP contribution in [0.2, 0.25) is 5.02 Å². The fourth-order valence-corrected chi connectivity index (χ4v) is 2.52. The number of ether oxygens (including phenoxy) is 2. The van der Waals surface area contributed by atoms with Gasteiger partial charge in [-0.25, -0.2) is 0 Å². The van der Waals surface area contributed by atoms with Crippen molar-refractivity contribution < 1.29 is 14.6 Å². The summed E-state index contributed by atoms with van der Waals surface area (Å²) in [5.41, 5.74) is 1.36. The molecule has 0 saturated carbocycles. The van der Waals surface area contributed by atoms with Crippen LogP contribution >= 0.6 is 27.5 Å². The van der Waals surface area contributed by atoms with Crippen LogP contribution in [0.5, 0.6) is 11.5 Å². The molecule has 0 spiro atoms. The summed E-state index contributed by atoms with van der Waals surface area (Å²) in [6, 6.07) is 10.7. The monoisotopic (exact) mass is 356 g/mol. The number of aliphatic hydroxyl groups excluding tert-OH is 1. The summed E-state index contributed by atoms with van der Waals surface area (Å²) in [5, 5.41) is 11.0. The maximum Gasteiger partial charge on any atom is 0.137 e. The van der Waals surface area contributed by atoms with Crippen molar-refractivity contribution in [1.29, 1.82) is 0 Å². The molecule has 1 atom stereocenters. The van der Waals surface area contributed by atoms with Crippen molar-refractivity contribution in [3.05, 3.63) is 57.0 Å². The fourth-order valence-electron chi connectivity index (χ4n) is 1.94. The van der Waals surface area contributed by atoms with Gasteiger partial charge in [0.15, 0.2) is 0 Å². The van der Waals surface area contributed by atoms with Crippen LogP contribution in [0.1, 0.15) is 17.2 Å². The molecule has 0 amide bonds. The molecule has 0 aromatic heterocycles. The van der Waals surface area contributed by atoms with Crippen LogP contribution in [0.25, 0.3) is 0 Å². The van der Waals surface area contributed by atoms with Gasteiger partial charge in [-0.05, 0) is 35.9 Å². The Morgan fingerprint density at radius 1 is 1.05 bits per heavy atom. The molecule has 3 nitrogen and oxygen atoms in total. The van der Waals surface area contributed by atoms with Gasteiger partial charge < -0.3 is 14.6 Å². The standard InChI is InChI=1S/C15H14BrClO3/c1-19-13-6-4-10(16)8-11(13)15(18)9-3-5-12(17)14(7-9)20-2/h3-8,15,18H,1-2H3. The average molecular weight is 358 g/mol. The predicted octanol–water partition coefficient (Wildman–Crippen LogP) is 4.20. The maximum absolute atomic E-state index is 10.5. The number of hydrogen-bond acceptors (Lipinski definition) is 3. The van der Waals surface area contributed by atoms with Crippen molar-refractivity contribution in [1.82, 2.24) is 0 Å². The molecule has 5 heteroatoms. The van der Waals surface area contributed by atoms with E-state index in [0.717, 1.165) is 4.47 Å². The molecule has 0 bridgehead atoms. The van der Waals surface area contributed by atoms with E-state index in [1.54, 1.807) is 31.4 Å². The highest BCUT2D eigenvalue weighted by Gasteiger charge is 2.17. The smallest absolute Gasteiger partial charge is 0.137 e. The zero-order valence-electron chi connectivity index (χ0n) is 11.1. The minimum absolute atomic E-state index is 0.504. The Balaban J connectivity index is 2.45. The zero-order valence-corrected chi connectivity index (χ0v) is 13.4. The second-order valence-corrected chi connectivity index (χ2v) is 5.51. The van der Waals surface area contributed by atoms with Crippen LogP contribution in [-0.2, 0) is 0 Å². The minimum Gasteiger partial charge on any atom is -0.496 e. The van der Waals surface area contributed by atoms with E-state index in [0.29, 0.717) is 27.6 Å². The first kappa shape index (κ1) is 15.2. The van der Waals surface area contributed by atoms with Crippen molar-refractivity contribution in [3.8, 4) is 11.5 Å². The van der Waals surface area contributed by atoms with Crippen LogP contribution in [0.4, 0.5) is 0 Å². The summed E-state index contributed by atoms with van der Waals surface area (Å²) >= 11 is 9.39. The maximum atomic E-state index is 10.5. The number of halogens is 2. The first-order chi connectivity index (χ1) is 9.56. The van der Waals surface area contributed by atoms with Crippen molar-refractivity contribution in [2.24, 2.45) is 0 Å². The number of hydrogen-bond donors (Lipinski definition) is 1. The highest BCUT2D eigenvalue weighted by atomic mass is 79.9. The third kappa shape index (κ3) is 3.08. The number of aliphatic hydroxyl groups is 1. The summed E-state index contributed by atoms with van der Waals surface area (Å²) in [6.45, 7) is 0. The summed E-state index contributed by atoms with van der Waals surface area (Å²) in [7, 11) is 3.11. The topological polar surface area (TPSA) is 38.7 Å². The molecule has 20 heavy (non-hydrogen) atoms. The summed E-state index contributed by atoms with van der Waals surface area (Å²) < 4.78 is 11.3. The van der Waals surface area contributed by atoms with E-state index in [2.05, 4.69) is 15.9 Å². The van der Waals surface area contributed by atoms with Crippen molar-refractivity contribution >= 4 is 27.5 Å². The van der Waals surface area contributed by atoms with E-state index < -0.39 is 6.10 Å². The molecule has 0 heterocycles. The van der Waals surface area contributed by atoms with Gasteiger partial charge in [0.2, 0.25) is 0 Å². The van der Waals surface area contributed by atoms with Gasteiger partial charge >= 0.3 is 0 Å². The van der Waals surface area contributed by atoms with Crippen LogP contribution in [0.3, 0.4) is 0 Å². The molecule has 1 N–H and O–H groups in total. The van der Waals surface area contributed by atoms with Gasteiger partial charge in [-0.15, -0.1) is 0 Å². The first-order valence-electron chi connectivity index (χ1n) is 5.91. The van der Waals surface area contributed by atoms with Crippen molar-refractivity contribution in [2.75, 3.05) is 14.2 Å². The van der Waals surface area contributed by atoms with Gasteiger partial charge in [-0.1, -0.05) is 33.6 Å². The lowest BCUT2D eigenvalue weighted by Crippen LogP contribution is -2.03. The van der Waals surface area contributed by atoms with Crippen LogP contribution < -0.4 is 9.47 Å².